The van der Waals surface area contributed by atoms with Crippen LogP contribution in [0.15, 0.2) is 42.5 Å². The largest absolute Gasteiger partial charge is 0.466 e. The molecule has 5 nitrogen and oxygen atoms in total. The number of benzene rings is 2. The fraction of sp³-hybridized carbons (Fsp3) is 0.333. The first kappa shape index (κ1) is 19.4. The first-order valence-electron chi connectivity index (χ1n) is 8.21. The Labute approximate surface area is 158 Å². The lowest BCUT2D eigenvalue weighted by Gasteiger charge is -2.45. The third-order valence-corrected chi connectivity index (χ3v) is 4.73. The van der Waals surface area contributed by atoms with Gasteiger partial charge in [0.15, 0.2) is 5.11 Å². The molecule has 0 amide bonds. The maximum absolute atomic E-state index is 13.7. The lowest BCUT2D eigenvalue weighted by Crippen LogP contribution is -2.73. The minimum absolute atomic E-state index is 0.129. The molecular weight excluding hydrogens is 381 g/mol. The van der Waals surface area contributed by atoms with E-state index < -0.39 is 34.9 Å². The number of aliphatic hydroxyl groups is 1. The number of fused-ring (bicyclic) bond motifs is 1. The molecule has 27 heavy (non-hydrogen) atoms. The third kappa shape index (κ3) is 3.32. The number of ether oxygens (including phenoxy) is 1. The van der Waals surface area contributed by atoms with Gasteiger partial charge in [-0.25, -0.2) is 0 Å². The number of halogens is 3. The summed E-state index contributed by atoms with van der Waals surface area (Å²) >= 11 is 4.89. The Bertz CT molecular complexity index is 884. The second-order valence-corrected chi connectivity index (χ2v) is 6.55. The first-order chi connectivity index (χ1) is 12.7. The highest BCUT2D eigenvalue weighted by molar-refractivity contribution is 7.80. The molecule has 3 N–H and O–H groups in total. The molecule has 2 aromatic carbocycles. The Hall–Kier alpha value is -2.39. The highest BCUT2D eigenvalue weighted by Gasteiger charge is 2.66. The van der Waals surface area contributed by atoms with Crippen molar-refractivity contribution in [3.63, 3.8) is 0 Å². The number of alkyl halides is 3. The van der Waals surface area contributed by atoms with Gasteiger partial charge in [0.25, 0.3) is 5.72 Å². The molecule has 0 aliphatic carbocycles. The van der Waals surface area contributed by atoms with Gasteiger partial charge in [-0.15, -0.1) is 0 Å². The molecule has 0 spiro atoms. The summed E-state index contributed by atoms with van der Waals surface area (Å²) in [6.45, 7) is 1.35. The number of nitrogens with one attached hydrogen (secondary N) is 2. The van der Waals surface area contributed by atoms with Crippen molar-refractivity contribution in [2.75, 3.05) is 6.61 Å². The highest BCUT2D eigenvalue weighted by Crippen LogP contribution is 2.44. The van der Waals surface area contributed by atoms with Gasteiger partial charge in [0.05, 0.1) is 12.6 Å². The molecule has 3 unspecified atom stereocenters. The third-order valence-electron chi connectivity index (χ3n) is 4.51. The number of thiocarbonyl (C=S) groups is 1. The Morgan fingerprint density at radius 1 is 1.26 bits per heavy atom. The van der Waals surface area contributed by atoms with Gasteiger partial charge in [0.2, 0.25) is 0 Å². The molecule has 1 aliphatic heterocycles. The first-order valence-corrected chi connectivity index (χ1v) is 8.62. The van der Waals surface area contributed by atoms with Gasteiger partial charge in [-0.05, 0) is 35.5 Å². The van der Waals surface area contributed by atoms with Crippen molar-refractivity contribution in [2.24, 2.45) is 5.92 Å². The van der Waals surface area contributed by atoms with Crippen LogP contribution in [0.2, 0.25) is 0 Å². The lowest BCUT2D eigenvalue weighted by molar-refractivity contribution is -0.292. The Kier molecular flexibility index (Phi) is 5.00. The second kappa shape index (κ2) is 6.97. The normalized spacial score (nSPS) is 25.6. The van der Waals surface area contributed by atoms with Crippen LogP contribution < -0.4 is 10.6 Å². The van der Waals surface area contributed by atoms with Crippen molar-refractivity contribution in [1.29, 1.82) is 0 Å². The van der Waals surface area contributed by atoms with E-state index in [2.05, 4.69) is 5.32 Å². The molecule has 1 heterocycles. The summed E-state index contributed by atoms with van der Waals surface area (Å²) in [7, 11) is 0. The molecule has 3 atom stereocenters. The van der Waals surface area contributed by atoms with Gasteiger partial charge in [-0.3, -0.25) is 4.79 Å². The van der Waals surface area contributed by atoms with Crippen LogP contribution in [0.1, 0.15) is 18.5 Å². The predicted molar refractivity (Wildman–Crippen MR) is 96.7 cm³/mol. The maximum Gasteiger partial charge on any atom is 0.437 e. The molecule has 0 bridgehead atoms. The van der Waals surface area contributed by atoms with E-state index in [1.807, 2.05) is 5.32 Å². The highest BCUT2D eigenvalue weighted by atomic mass is 32.1. The minimum atomic E-state index is -5.17. The molecule has 144 valence electrons. The summed E-state index contributed by atoms with van der Waals surface area (Å²) in [6, 6.07) is 10.9. The molecule has 1 fully saturated rings. The number of esters is 1. The van der Waals surface area contributed by atoms with E-state index >= 15 is 0 Å². The van der Waals surface area contributed by atoms with Crippen LogP contribution in [-0.4, -0.2) is 34.7 Å². The smallest absolute Gasteiger partial charge is 0.437 e. The van der Waals surface area contributed by atoms with Crippen LogP contribution in [-0.2, 0) is 9.53 Å². The van der Waals surface area contributed by atoms with Gasteiger partial charge >= 0.3 is 12.1 Å². The summed E-state index contributed by atoms with van der Waals surface area (Å²) in [5.74, 6) is -3.19. The van der Waals surface area contributed by atoms with Crippen LogP contribution in [0, 0.1) is 5.92 Å². The molecular formula is C18H17F3N2O3S. The number of hydrogen-bond acceptors (Lipinski definition) is 4. The summed E-state index contributed by atoms with van der Waals surface area (Å²) in [4.78, 5) is 12.5. The number of carbonyl (C=O) groups is 1. The fourth-order valence-electron chi connectivity index (χ4n) is 3.32. The van der Waals surface area contributed by atoms with E-state index in [0.29, 0.717) is 10.9 Å². The van der Waals surface area contributed by atoms with Crippen LogP contribution >= 0.6 is 12.2 Å². The summed E-state index contributed by atoms with van der Waals surface area (Å²) in [5.41, 5.74) is -3.17. The monoisotopic (exact) mass is 398 g/mol. The standard InChI is InChI=1S/C18H17F3N2O3S/c1-2-26-15(24)13-14(22-16(27)23-17(13,25)18(19,20)21)12-9-5-7-10-6-3-4-8-11(10)12/h3-9,13-14,25H,2H2,1H3,(H2,22,23,27). The van der Waals surface area contributed by atoms with E-state index in [1.165, 1.54) is 6.92 Å². The van der Waals surface area contributed by atoms with Crippen molar-refractivity contribution in [3.8, 4) is 0 Å². The van der Waals surface area contributed by atoms with E-state index in [1.54, 1.807) is 42.5 Å². The number of hydrogen-bond donors (Lipinski definition) is 3. The van der Waals surface area contributed by atoms with Crippen LogP contribution in [0.5, 0.6) is 0 Å². The van der Waals surface area contributed by atoms with Crippen LogP contribution in [0.3, 0.4) is 0 Å². The molecule has 0 aromatic heterocycles. The van der Waals surface area contributed by atoms with E-state index in [-0.39, 0.29) is 6.61 Å². The van der Waals surface area contributed by atoms with Crippen molar-refractivity contribution in [2.45, 2.75) is 24.9 Å². The maximum atomic E-state index is 13.7. The Balaban J connectivity index is 2.21. The Morgan fingerprint density at radius 3 is 2.59 bits per heavy atom. The van der Waals surface area contributed by atoms with Crippen molar-refractivity contribution in [1.82, 2.24) is 10.6 Å². The molecule has 3 rings (SSSR count). The second-order valence-electron chi connectivity index (χ2n) is 6.14. The van der Waals surface area contributed by atoms with Gasteiger partial charge < -0.3 is 20.5 Å². The molecule has 1 saturated heterocycles. The van der Waals surface area contributed by atoms with E-state index in [4.69, 9.17) is 17.0 Å². The molecule has 2 aromatic rings. The van der Waals surface area contributed by atoms with Crippen LogP contribution in [0.25, 0.3) is 10.8 Å². The average molecular weight is 398 g/mol. The van der Waals surface area contributed by atoms with Crippen LogP contribution in [0.4, 0.5) is 13.2 Å². The van der Waals surface area contributed by atoms with Crippen molar-refractivity contribution < 1.29 is 27.8 Å². The van der Waals surface area contributed by atoms with E-state index in [9.17, 15) is 23.1 Å². The van der Waals surface area contributed by atoms with Gasteiger partial charge in [0, 0.05) is 0 Å². The topological polar surface area (TPSA) is 70.6 Å². The number of rotatable bonds is 3. The molecule has 1 aliphatic rings. The molecule has 0 radical (unpaired) electrons. The van der Waals surface area contributed by atoms with Crippen molar-refractivity contribution in [3.05, 3.63) is 48.0 Å². The summed E-state index contributed by atoms with van der Waals surface area (Å²) < 4.78 is 46.1. The fourth-order valence-corrected chi connectivity index (χ4v) is 3.60. The zero-order valence-electron chi connectivity index (χ0n) is 14.2. The quantitative estimate of drug-likeness (QED) is 0.546. The molecule has 9 heteroatoms. The zero-order chi connectivity index (χ0) is 19.8. The average Bonchev–Trinajstić information content (AvgIpc) is 2.59. The minimum Gasteiger partial charge on any atom is -0.466 e. The Morgan fingerprint density at radius 2 is 1.93 bits per heavy atom. The molecule has 0 saturated carbocycles. The van der Waals surface area contributed by atoms with E-state index in [0.717, 1.165) is 5.39 Å². The lowest BCUT2D eigenvalue weighted by atomic mass is 9.80. The predicted octanol–water partition coefficient (Wildman–Crippen LogP) is 2.79. The van der Waals surface area contributed by atoms with Gasteiger partial charge in [-0.1, -0.05) is 42.5 Å². The SMILES string of the molecule is CCOC(=O)C1C(c2cccc3ccccc23)NC(=S)NC1(O)C(F)(F)F. The summed E-state index contributed by atoms with van der Waals surface area (Å²) in [6.07, 6.45) is -5.17. The number of carbonyl (C=O) groups excluding carboxylic acids is 1. The van der Waals surface area contributed by atoms with Gasteiger partial charge in [-0.2, -0.15) is 13.2 Å². The van der Waals surface area contributed by atoms with Crippen molar-refractivity contribution >= 4 is 34.1 Å². The zero-order valence-corrected chi connectivity index (χ0v) is 15.0. The summed E-state index contributed by atoms with van der Waals surface area (Å²) in [5, 5.41) is 16.0. The van der Waals surface area contributed by atoms with Gasteiger partial charge in [0.1, 0.15) is 5.92 Å².